The maximum absolute atomic E-state index is 11.4. The lowest BCUT2D eigenvalue weighted by Crippen LogP contribution is -2.39. The van der Waals surface area contributed by atoms with Gasteiger partial charge in [0.15, 0.2) is 0 Å². The molecule has 0 bridgehead atoms. The van der Waals surface area contributed by atoms with E-state index in [0.29, 0.717) is 5.82 Å². The zero-order chi connectivity index (χ0) is 13.8. The van der Waals surface area contributed by atoms with Crippen molar-refractivity contribution in [1.82, 2.24) is 20.6 Å². The van der Waals surface area contributed by atoms with E-state index < -0.39 is 6.03 Å². The molecule has 0 fully saturated rings. The van der Waals surface area contributed by atoms with E-state index in [9.17, 15) is 9.59 Å². The van der Waals surface area contributed by atoms with Gasteiger partial charge >= 0.3 is 6.03 Å². The molecule has 7 nitrogen and oxygen atoms in total. The maximum atomic E-state index is 11.4. The molecule has 1 aromatic carbocycles. The van der Waals surface area contributed by atoms with Gasteiger partial charge in [-0.05, 0) is 18.6 Å². The van der Waals surface area contributed by atoms with Crippen LogP contribution in [0.25, 0.3) is 11.0 Å². The summed E-state index contributed by atoms with van der Waals surface area (Å²) in [6.07, 6.45) is 0. The van der Waals surface area contributed by atoms with E-state index in [0.717, 1.165) is 16.6 Å². The Labute approximate surface area is 109 Å². The molecule has 100 valence electrons. The van der Waals surface area contributed by atoms with Crippen molar-refractivity contribution in [1.29, 1.82) is 0 Å². The van der Waals surface area contributed by atoms with Crippen molar-refractivity contribution >= 4 is 23.0 Å². The molecule has 3 amide bonds. The highest BCUT2D eigenvalue weighted by Gasteiger charge is 2.06. The topological polar surface area (TPSA) is 113 Å². The summed E-state index contributed by atoms with van der Waals surface area (Å²) in [6.45, 7) is 2.10. The van der Waals surface area contributed by atoms with E-state index in [-0.39, 0.29) is 19.0 Å². The van der Waals surface area contributed by atoms with Crippen LogP contribution in [0, 0.1) is 6.92 Å². The number of nitrogens with one attached hydrogen (secondary N) is 3. The molecule has 0 spiro atoms. The Morgan fingerprint density at radius 3 is 2.84 bits per heavy atom. The predicted molar refractivity (Wildman–Crippen MR) is 70.3 cm³/mol. The molecule has 0 unspecified atom stereocenters. The third-order valence-corrected chi connectivity index (χ3v) is 2.64. The Hall–Kier alpha value is -2.57. The van der Waals surface area contributed by atoms with Gasteiger partial charge in [-0.3, -0.25) is 4.79 Å². The van der Waals surface area contributed by atoms with Crippen LogP contribution in [0.2, 0.25) is 0 Å². The zero-order valence-electron chi connectivity index (χ0n) is 10.5. The molecule has 0 aliphatic heterocycles. The Morgan fingerprint density at radius 1 is 1.37 bits per heavy atom. The van der Waals surface area contributed by atoms with Crippen LogP contribution in [-0.4, -0.2) is 28.5 Å². The average Bonchev–Trinajstić information content (AvgIpc) is 2.78. The van der Waals surface area contributed by atoms with Gasteiger partial charge in [-0.15, -0.1) is 0 Å². The molecular formula is C12H15N5O2. The molecular weight excluding hydrogens is 246 g/mol. The van der Waals surface area contributed by atoms with E-state index >= 15 is 0 Å². The highest BCUT2D eigenvalue weighted by molar-refractivity contribution is 5.83. The summed E-state index contributed by atoms with van der Waals surface area (Å²) < 4.78 is 0. The molecule has 5 N–H and O–H groups in total. The van der Waals surface area contributed by atoms with Crippen molar-refractivity contribution < 1.29 is 9.59 Å². The third kappa shape index (κ3) is 3.21. The number of carbonyl (C=O) groups is 2. The van der Waals surface area contributed by atoms with Crippen molar-refractivity contribution in [3.8, 4) is 0 Å². The summed E-state index contributed by atoms with van der Waals surface area (Å²) in [5.74, 6) is 0.340. The minimum atomic E-state index is -0.727. The SMILES string of the molecule is Cc1cccc2[nH]c(CNC(=O)CNC(N)=O)nc12. The second kappa shape index (κ2) is 5.38. The van der Waals surface area contributed by atoms with E-state index in [1.807, 2.05) is 25.1 Å². The molecule has 2 aromatic rings. The number of urea groups is 1. The monoisotopic (exact) mass is 261 g/mol. The van der Waals surface area contributed by atoms with Crippen LogP contribution in [0.1, 0.15) is 11.4 Å². The van der Waals surface area contributed by atoms with Crippen LogP contribution < -0.4 is 16.4 Å². The second-order valence-electron chi connectivity index (χ2n) is 4.15. The van der Waals surface area contributed by atoms with Crippen LogP contribution >= 0.6 is 0 Å². The number of amides is 3. The fourth-order valence-electron chi connectivity index (χ4n) is 1.72. The van der Waals surface area contributed by atoms with Crippen LogP contribution in [0.3, 0.4) is 0 Å². The van der Waals surface area contributed by atoms with Gasteiger partial charge in [0.25, 0.3) is 0 Å². The van der Waals surface area contributed by atoms with Gasteiger partial charge in [0.2, 0.25) is 5.91 Å². The largest absolute Gasteiger partial charge is 0.352 e. The number of para-hydroxylation sites is 1. The summed E-state index contributed by atoms with van der Waals surface area (Å²) in [7, 11) is 0. The van der Waals surface area contributed by atoms with Gasteiger partial charge in [-0.1, -0.05) is 12.1 Å². The molecule has 1 heterocycles. The molecule has 7 heteroatoms. The Balaban J connectivity index is 1.96. The lowest BCUT2D eigenvalue weighted by atomic mass is 10.2. The summed E-state index contributed by atoms with van der Waals surface area (Å²) in [5, 5.41) is 4.85. The summed E-state index contributed by atoms with van der Waals surface area (Å²) in [6, 6.07) is 5.11. The summed E-state index contributed by atoms with van der Waals surface area (Å²) in [5.41, 5.74) is 7.76. The average molecular weight is 261 g/mol. The maximum Gasteiger partial charge on any atom is 0.312 e. The molecule has 2 rings (SSSR count). The number of aryl methyl sites for hydroxylation is 1. The smallest absolute Gasteiger partial charge is 0.312 e. The number of H-pyrrole nitrogens is 1. The number of hydrogen-bond donors (Lipinski definition) is 4. The molecule has 1 aromatic heterocycles. The van der Waals surface area contributed by atoms with Gasteiger partial charge < -0.3 is 21.4 Å². The first-order valence-electron chi connectivity index (χ1n) is 5.80. The molecule has 0 aliphatic rings. The highest BCUT2D eigenvalue weighted by atomic mass is 16.2. The molecule has 0 saturated carbocycles. The normalized spacial score (nSPS) is 10.4. The van der Waals surface area contributed by atoms with Gasteiger partial charge in [0, 0.05) is 0 Å². The van der Waals surface area contributed by atoms with Crippen LogP contribution in [0.4, 0.5) is 4.79 Å². The quantitative estimate of drug-likeness (QED) is 0.628. The van der Waals surface area contributed by atoms with Crippen molar-refractivity contribution in [2.45, 2.75) is 13.5 Å². The second-order valence-corrected chi connectivity index (χ2v) is 4.15. The summed E-state index contributed by atoms with van der Waals surface area (Å²) >= 11 is 0. The predicted octanol–water partition coefficient (Wildman–Crippen LogP) is 0.156. The van der Waals surface area contributed by atoms with Gasteiger partial charge in [-0.2, -0.15) is 0 Å². The first-order valence-corrected chi connectivity index (χ1v) is 5.80. The lowest BCUT2D eigenvalue weighted by Gasteiger charge is -2.03. The van der Waals surface area contributed by atoms with Gasteiger partial charge in [0.1, 0.15) is 5.82 Å². The fourth-order valence-corrected chi connectivity index (χ4v) is 1.72. The van der Waals surface area contributed by atoms with Crippen molar-refractivity contribution in [3.63, 3.8) is 0 Å². The first-order chi connectivity index (χ1) is 9.06. The number of rotatable bonds is 4. The third-order valence-electron chi connectivity index (χ3n) is 2.64. The molecule has 0 atom stereocenters. The van der Waals surface area contributed by atoms with Crippen molar-refractivity contribution in [3.05, 3.63) is 29.6 Å². The number of fused-ring (bicyclic) bond motifs is 1. The Kier molecular flexibility index (Phi) is 3.65. The van der Waals surface area contributed by atoms with E-state index in [4.69, 9.17) is 5.73 Å². The standard InChI is InChI=1S/C12H15N5O2/c1-7-3-2-4-8-11(7)17-9(16-8)5-14-10(18)6-15-12(13)19/h2-4H,5-6H2,1H3,(H,14,18)(H,16,17)(H3,13,15,19). The van der Waals surface area contributed by atoms with Crippen molar-refractivity contribution in [2.75, 3.05) is 6.54 Å². The molecule has 0 saturated heterocycles. The number of aromatic nitrogens is 2. The minimum absolute atomic E-state index is 0.144. The van der Waals surface area contributed by atoms with E-state index in [1.165, 1.54) is 0 Å². The molecule has 0 aliphatic carbocycles. The van der Waals surface area contributed by atoms with E-state index in [2.05, 4.69) is 20.6 Å². The number of imidazole rings is 1. The van der Waals surface area contributed by atoms with Crippen LogP contribution in [-0.2, 0) is 11.3 Å². The van der Waals surface area contributed by atoms with Crippen molar-refractivity contribution in [2.24, 2.45) is 5.73 Å². The highest BCUT2D eigenvalue weighted by Crippen LogP contribution is 2.15. The number of benzene rings is 1. The zero-order valence-corrected chi connectivity index (χ0v) is 10.5. The molecule has 19 heavy (non-hydrogen) atoms. The first kappa shape index (κ1) is 12.9. The van der Waals surface area contributed by atoms with Crippen LogP contribution in [0.15, 0.2) is 18.2 Å². The Morgan fingerprint density at radius 2 is 2.16 bits per heavy atom. The number of hydrogen-bond acceptors (Lipinski definition) is 3. The van der Waals surface area contributed by atoms with Gasteiger partial charge in [-0.25, -0.2) is 9.78 Å². The number of nitrogens with two attached hydrogens (primary N) is 1. The number of carbonyl (C=O) groups excluding carboxylic acids is 2. The van der Waals surface area contributed by atoms with Crippen LogP contribution in [0.5, 0.6) is 0 Å². The number of primary amides is 1. The van der Waals surface area contributed by atoms with Gasteiger partial charge in [0.05, 0.1) is 24.1 Å². The summed E-state index contributed by atoms with van der Waals surface area (Å²) in [4.78, 5) is 29.3. The minimum Gasteiger partial charge on any atom is -0.352 e. The Bertz CT molecular complexity index is 620. The van der Waals surface area contributed by atoms with E-state index in [1.54, 1.807) is 0 Å². The number of nitrogens with zero attached hydrogens (tertiary/aromatic N) is 1. The fraction of sp³-hybridized carbons (Fsp3) is 0.250. The number of aromatic amines is 1. The lowest BCUT2D eigenvalue weighted by molar-refractivity contribution is -0.120. The molecule has 0 radical (unpaired) electrons.